The summed E-state index contributed by atoms with van der Waals surface area (Å²) in [4.78, 5) is 19.4. The number of aromatic nitrogens is 1. The van der Waals surface area contributed by atoms with Crippen LogP contribution in [-0.2, 0) is 4.79 Å². The molecule has 0 radical (unpaired) electrons. The SMILES string of the molecule is O=C1N2[C@H](c3cc(F)cc(F)c3)CCN2CC12CCN(c1cc(Br)cc(F)n1)CC2. The number of nitrogens with zero attached hydrogens (tertiary/aromatic N) is 4. The summed E-state index contributed by atoms with van der Waals surface area (Å²) in [6.07, 6.45) is 1.90. The molecule has 5 rings (SSSR count). The first kappa shape index (κ1) is 19.8. The largest absolute Gasteiger partial charge is 0.356 e. The van der Waals surface area contributed by atoms with Crippen molar-refractivity contribution in [2.75, 3.05) is 31.1 Å². The topological polar surface area (TPSA) is 39.7 Å². The average Bonchev–Trinajstić information content (AvgIpc) is 3.19. The van der Waals surface area contributed by atoms with Crippen molar-refractivity contribution in [1.29, 1.82) is 0 Å². The van der Waals surface area contributed by atoms with E-state index >= 15 is 0 Å². The first-order valence-corrected chi connectivity index (χ1v) is 10.8. The zero-order valence-electron chi connectivity index (χ0n) is 16.1. The van der Waals surface area contributed by atoms with Crippen LogP contribution >= 0.6 is 15.9 Å². The number of hydrazine groups is 1. The van der Waals surface area contributed by atoms with Crippen LogP contribution in [0.4, 0.5) is 19.0 Å². The molecule has 3 fully saturated rings. The molecule has 1 atom stereocenters. The summed E-state index contributed by atoms with van der Waals surface area (Å²) in [6.45, 7) is 2.47. The fraction of sp³-hybridized carbons (Fsp3) is 0.429. The average molecular weight is 481 g/mol. The Kier molecular flexibility index (Phi) is 4.77. The maximum Gasteiger partial charge on any atom is 0.245 e. The molecule has 4 heterocycles. The van der Waals surface area contributed by atoms with Crippen molar-refractivity contribution in [3.05, 3.63) is 58.0 Å². The van der Waals surface area contributed by atoms with Crippen LogP contribution in [0.25, 0.3) is 0 Å². The van der Waals surface area contributed by atoms with Crippen molar-refractivity contribution in [3.63, 3.8) is 0 Å². The van der Waals surface area contributed by atoms with Crippen molar-refractivity contribution < 1.29 is 18.0 Å². The first-order chi connectivity index (χ1) is 14.3. The van der Waals surface area contributed by atoms with E-state index in [1.807, 2.05) is 9.91 Å². The second-order valence-electron chi connectivity index (χ2n) is 8.28. The highest BCUT2D eigenvalue weighted by Gasteiger charge is 2.56. The number of rotatable bonds is 2. The number of piperidine rings is 1. The van der Waals surface area contributed by atoms with Crippen LogP contribution in [0.15, 0.2) is 34.8 Å². The molecular formula is C21H20BrF3N4O. The van der Waals surface area contributed by atoms with Gasteiger partial charge in [0.25, 0.3) is 0 Å². The second-order valence-corrected chi connectivity index (χ2v) is 9.19. The molecule has 0 N–H and O–H groups in total. The standard InChI is InChI=1S/C21H20BrF3N4O/c22-14-9-18(25)26-19(10-14)27-5-2-21(3-6-27)12-28-4-1-17(29(28)20(21)30)13-7-15(23)11-16(24)8-13/h7-11,17H,1-6,12H2/t17-/m0/s1. The Morgan fingerprint density at radius 1 is 1.00 bits per heavy atom. The van der Waals surface area contributed by atoms with Gasteiger partial charge in [0.2, 0.25) is 11.9 Å². The molecule has 2 aromatic rings. The molecule has 0 aliphatic carbocycles. The fourth-order valence-electron chi connectivity index (χ4n) is 5.01. The Balaban J connectivity index is 1.35. The quantitative estimate of drug-likeness (QED) is 0.607. The van der Waals surface area contributed by atoms with Crippen LogP contribution in [0.3, 0.4) is 0 Å². The third-order valence-corrected chi connectivity index (χ3v) is 6.92. The number of carbonyl (C=O) groups excluding carboxylic acids is 1. The Hall–Kier alpha value is -2.13. The van der Waals surface area contributed by atoms with E-state index < -0.39 is 23.0 Å². The molecule has 3 aliphatic rings. The van der Waals surface area contributed by atoms with Gasteiger partial charge < -0.3 is 4.90 Å². The number of halogens is 4. The van der Waals surface area contributed by atoms with Gasteiger partial charge in [0.15, 0.2) is 0 Å². The molecule has 0 saturated carbocycles. The third kappa shape index (κ3) is 3.28. The van der Waals surface area contributed by atoms with Gasteiger partial charge in [-0.3, -0.25) is 9.80 Å². The van der Waals surface area contributed by atoms with Gasteiger partial charge >= 0.3 is 0 Å². The number of anilines is 1. The third-order valence-electron chi connectivity index (χ3n) is 6.47. The molecule has 3 saturated heterocycles. The second kappa shape index (κ2) is 7.23. The van der Waals surface area contributed by atoms with Crippen molar-refractivity contribution >= 4 is 27.7 Å². The minimum atomic E-state index is -0.633. The van der Waals surface area contributed by atoms with Gasteiger partial charge in [-0.05, 0) is 43.0 Å². The molecule has 158 valence electrons. The molecule has 5 nitrogen and oxygen atoms in total. The summed E-state index contributed by atoms with van der Waals surface area (Å²) in [7, 11) is 0. The zero-order valence-corrected chi connectivity index (χ0v) is 17.7. The van der Waals surface area contributed by atoms with E-state index in [2.05, 4.69) is 20.9 Å². The summed E-state index contributed by atoms with van der Waals surface area (Å²) in [5.41, 5.74) is -0.0300. The number of pyridine rings is 1. The molecule has 30 heavy (non-hydrogen) atoms. The Morgan fingerprint density at radius 3 is 2.37 bits per heavy atom. The van der Waals surface area contributed by atoms with E-state index in [0.717, 1.165) is 6.07 Å². The molecule has 3 aliphatic heterocycles. The zero-order chi connectivity index (χ0) is 21.0. The first-order valence-electron chi connectivity index (χ1n) is 9.97. The Labute approximate surface area is 180 Å². The molecule has 0 bridgehead atoms. The lowest BCUT2D eigenvalue weighted by Gasteiger charge is -2.38. The van der Waals surface area contributed by atoms with Crippen molar-refractivity contribution in [1.82, 2.24) is 15.0 Å². The van der Waals surface area contributed by atoms with Crippen LogP contribution in [0.2, 0.25) is 0 Å². The van der Waals surface area contributed by atoms with Crippen LogP contribution in [-0.4, -0.2) is 47.1 Å². The van der Waals surface area contributed by atoms with Gasteiger partial charge in [0, 0.05) is 42.8 Å². The fourth-order valence-corrected chi connectivity index (χ4v) is 5.40. The van der Waals surface area contributed by atoms with Gasteiger partial charge in [-0.15, -0.1) is 0 Å². The molecule has 1 spiro atoms. The highest BCUT2D eigenvalue weighted by Crippen LogP contribution is 2.47. The summed E-state index contributed by atoms with van der Waals surface area (Å²) in [6, 6.07) is 6.20. The summed E-state index contributed by atoms with van der Waals surface area (Å²) in [5.74, 6) is -1.24. The number of amides is 1. The number of hydrogen-bond donors (Lipinski definition) is 0. The normalized spacial score (nSPS) is 23.5. The highest BCUT2D eigenvalue weighted by atomic mass is 79.9. The van der Waals surface area contributed by atoms with Gasteiger partial charge in [0.1, 0.15) is 17.5 Å². The lowest BCUT2D eigenvalue weighted by Crippen LogP contribution is -2.46. The van der Waals surface area contributed by atoms with E-state index in [0.29, 0.717) is 61.3 Å². The Morgan fingerprint density at radius 2 is 1.70 bits per heavy atom. The number of hydrogen-bond acceptors (Lipinski definition) is 4. The Bertz CT molecular complexity index is 971. The van der Waals surface area contributed by atoms with E-state index in [-0.39, 0.29) is 11.9 Å². The van der Waals surface area contributed by atoms with Gasteiger partial charge in [0.05, 0.1) is 11.5 Å². The minimum Gasteiger partial charge on any atom is -0.356 e. The summed E-state index contributed by atoms with van der Waals surface area (Å²) >= 11 is 3.29. The molecule has 1 aromatic heterocycles. The smallest absolute Gasteiger partial charge is 0.245 e. The van der Waals surface area contributed by atoms with E-state index in [4.69, 9.17) is 0 Å². The number of benzene rings is 1. The van der Waals surface area contributed by atoms with Crippen LogP contribution in [0.1, 0.15) is 30.9 Å². The summed E-state index contributed by atoms with van der Waals surface area (Å²) < 4.78 is 41.8. The van der Waals surface area contributed by atoms with Crippen molar-refractivity contribution in [3.8, 4) is 0 Å². The maximum absolute atomic E-state index is 13.7. The predicted molar refractivity (Wildman–Crippen MR) is 108 cm³/mol. The number of fused-ring (bicyclic) bond motifs is 1. The lowest BCUT2D eigenvalue weighted by atomic mass is 9.77. The van der Waals surface area contributed by atoms with Gasteiger partial charge in [-0.1, -0.05) is 15.9 Å². The highest BCUT2D eigenvalue weighted by molar-refractivity contribution is 9.10. The van der Waals surface area contributed by atoms with Crippen molar-refractivity contribution in [2.24, 2.45) is 5.41 Å². The maximum atomic E-state index is 13.7. The molecule has 1 amide bonds. The van der Waals surface area contributed by atoms with E-state index in [1.165, 1.54) is 18.2 Å². The lowest BCUT2D eigenvalue weighted by molar-refractivity contribution is -0.143. The minimum absolute atomic E-state index is 0.0164. The molecule has 9 heteroatoms. The van der Waals surface area contributed by atoms with Crippen LogP contribution in [0, 0.1) is 23.0 Å². The predicted octanol–water partition coefficient (Wildman–Crippen LogP) is 4.05. The molecule has 1 aromatic carbocycles. The van der Waals surface area contributed by atoms with Crippen LogP contribution in [0.5, 0.6) is 0 Å². The molecular weight excluding hydrogens is 461 g/mol. The van der Waals surface area contributed by atoms with Gasteiger partial charge in [-0.25, -0.2) is 18.8 Å². The molecule has 0 unspecified atom stereocenters. The van der Waals surface area contributed by atoms with E-state index in [9.17, 15) is 18.0 Å². The van der Waals surface area contributed by atoms with Gasteiger partial charge in [-0.2, -0.15) is 4.39 Å². The number of carbonyl (C=O) groups is 1. The van der Waals surface area contributed by atoms with Crippen molar-refractivity contribution in [2.45, 2.75) is 25.3 Å². The van der Waals surface area contributed by atoms with Crippen LogP contribution < -0.4 is 4.90 Å². The summed E-state index contributed by atoms with van der Waals surface area (Å²) in [5, 5.41) is 3.73. The monoisotopic (exact) mass is 480 g/mol. The van der Waals surface area contributed by atoms with E-state index in [1.54, 1.807) is 11.1 Å².